The topological polar surface area (TPSA) is 108 Å². The second-order valence-electron chi connectivity index (χ2n) is 7.97. The van der Waals surface area contributed by atoms with Crippen LogP contribution in [0.2, 0.25) is 0 Å². The van der Waals surface area contributed by atoms with E-state index in [1.54, 1.807) is 0 Å². The zero-order valence-corrected chi connectivity index (χ0v) is 18.9. The molecule has 2 N–H and O–H groups in total. The Morgan fingerprint density at radius 1 is 1.00 bits per heavy atom. The Morgan fingerprint density at radius 3 is 2.34 bits per heavy atom. The highest BCUT2D eigenvalue weighted by molar-refractivity contribution is 7.89. The highest BCUT2D eigenvalue weighted by Gasteiger charge is 2.33. The zero-order valence-electron chi connectivity index (χ0n) is 18.1. The molecular weight excluding hydrogens is 439 g/mol. The van der Waals surface area contributed by atoms with Crippen LogP contribution in [-0.4, -0.2) is 88.0 Å². The number of nitrogens with one attached hydrogen (secondary N) is 2. The monoisotopic (exact) mass is 470 g/mol. The Balaban J connectivity index is 1.45. The molecule has 3 rings (SSSR count). The van der Waals surface area contributed by atoms with Gasteiger partial charge in [-0.15, -0.1) is 0 Å². The molecule has 32 heavy (non-hydrogen) atoms. The lowest BCUT2D eigenvalue weighted by molar-refractivity contribution is -0.139. The first-order valence-electron chi connectivity index (χ1n) is 11.0. The van der Waals surface area contributed by atoms with E-state index in [1.165, 1.54) is 16.4 Å². The second kappa shape index (κ2) is 11.7. The third kappa shape index (κ3) is 6.71. The predicted molar refractivity (Wildman–Crippen MR) is 116 cm³/mol. The molecule has 2 saturated heterocycles. The van der Waals surface area contributed by atoms with Crippen LogP contribution in [-0.2, 0) is 24.3 Å². The number of carbonyl (C=O) groups excluding carboxylic acids is 2. The second-order valence-corrected chi connectivity index (χ2v) is 9.86. The SMILES string of the molecule is O=C(NCC[C@H]1CCCCN1S(=O)(=O)c1ccc(F)cc1)C(=O)NCCN1CCOCC1. The minimum Gasteiger partial charge on any atom is -0.379 e. The van der Waals surface area contributed by atoms with Crippen molar-refractivity contribution in [1.82, 2.24) is 19.8 Å². The van der Waals surface area contributed by atoms with Crippen molar-refractivity contribution in [3.63, 3.8) is 0 Å². The lowest BCUT2D eigenvalue weighted by Gasteiger charge is -2.34. The summed E-state index contributed by atoms with van der Waals surface area (Å²) in [6.45, 7) is 4.55. The highest BCUT2D eigenvalue weighted by atomic mass is 32.2. The third-order valence-electron chi connectivity index (χ3n) is 5.78. The molecule has 0 unspecified atom stereocenters. The van der Waals surface area contributed by atoms with Crippen molar-refractivity contribution in [2.45, 2.75) is 36.6 Å². The summed E-state index contributed by atoms with van der Waals surface area (Å²) in [4.78, 5) is 26.3. The molecule has 2 aliphatic rings. The van der Waals surface area contributed by atoms with Crippen molar-refractivity contribution < 1.29 is 27.1 Å². The van der Waals surface area contributed by atoms with Crippen molar-refractivity contribution in [2.24, 2.45) is 0 Å². The molecule has 1 aromatic rings. The maximum atomic E-state index is 13.2. The number of nitrogens with zero attached hydrogens (tertiary/aromatic N) is 2. The molecule has 9 nitrogen and oxygen atoms in total. The van der Waals surface area contributed by atoms with Gasteiger partial charge in [-0.3, -0.25) is 14.5 Å². The van der Waals surface area contributed by atoms with Gasteiger partial charge in [-0.1, -0.05) is 6.42 Å². The number of carbonyl (C=O) groups is 2. The van der Waals surface area contributed by atoms with Gasteiger partial charge in [-0.05, 0) is 43.5 Å². The number of morpholine rings is 1. The minimum absolute atomic E-state index is 0.0504. The molecule has 2 amide bonds. The summed E-state index contributed by atoms with van der Waals surface area (Å²) in [6, 6.07) is 4.50. The Labute approximate surface area is 188 Å². The van der Waals surface area contributed by atoms with Crippen LogP contribution in [0.5, 0.6) is 0 Å². The summed E-state index contributed by atoms with van der Waals surface area (Å²) < 4.78 is 45.9. The van der Waals surface area contributed by atoms with E-state index in [0.29, 0.717) is 45.7 Å². The maximum absolute atomic E-state index is 13.2. The molecule has 0 saturated carbocycles. The summed E-state index contributed by atoms with van der Waals surface area (Å²) >= 11 is 0. The van der Waals surface area contributed by atoms with Crippen molar-refractivity contribution in [3.05, 3.63) is 30.1 Å². The normalized spacial score (nSPS) is 20.6. The lowest BCUT2D eigenvalue weighted by Crippen LogP contribution is -2.47. The van der Waals surface area contributed by atoms with Gasteiger partial charge in [-0.2, -0.15) is 4.31 Å². The summed E-state index contributed by atoms with van der Waals surface area (Å²) in [5, 5.41) is 5.19. The van der Waals surface area contributed by atoms with Gasteiger partial charge in [0.05, 0.1) is 18.1 Å². The number of sulfonamides is 1. The molecule has 2 heterocycles. The van der Waals surface area contributed by atoms with Crippen LogP contribution in [0.1, 0.15) is 25.7 Å². The van der Waals surface area contributed by atoms with Crippen molar-refractivity contribution >= 4 is 21.8 Å². The molecule has 1 atom stereocenters. The quantitative estimate of drug-likeness (QED) is 0.530. The smallest absolute Gasteiger partial charge is 0.309 e. The van der Waals surface area contributed by atoms with Crippen LogP contribution < -0.4 is 10.6 Å². The van der Waals surface area contributed by atoms with Crippen LogP contribution in [0, 0.1) is 5.82 Å². The average Bonchev–Trinajstić information content (AvgIpc) is 2.80. The number of piperidine rings is 1. The molecule has 0 spiro atoms. The molecule has 0 aromatic heterocycles. The van der Waals surface area contributed by atoms with Crippen LogP contribution in [0.15, 0.2) is 29.2 Å². The van der Waals surface area contributed by atoms with Crippen molar-refractivity contribution in [2.75, 3.05) is 52.5 Å². The van der Waals surface area contributed by atoms with E-state index in [4.69, 9.17) is 4.74 Å². The molecule has 0 radical (unpaired) electrons. The van der Waals surface area contributed by atoms with Gasteiger partial charge < -0.3 is 15.4 Å². The largest absolute Gasteiger partial charge is 0.379 e. The standard InChI is InChI=1S/C21H31FN4O5S/c22-17-4-6-19(7-5-17)32(29,30)26-11-2-1-3-18(26)8-9-23-20(27)21(28)24-10-12-25-13-15-31-16-14-25/h4-7,18H,1-3,8-16H2,(H,23,27)(H,24,28)/t18-/m1/s1. The van der Waals surface area contributed by atoms with E-state index in [9.17, 15) is 22.4 Å². The van der Waals surface area contributed by atoms with E-state index in [0.717, 1.165) is 38.1 Å². The molecule has 178 valence electrons. The number of hydrogen-bond donors (Lipinski definition) is 2. The van der Waals surface area contributed by atoms with Crippen molar-refractivity contribution in [3.8, 4) is 0 Å². The fourth-order valence-electron chi connectivity index (χ4n) is 3.99. The molecule has 1 aromatic carbocycles. The first kappa shape index (κ1) is 24.6. The number of hydrogen-bond acceptors (Lipinski definition) is 6. The number of amides is 2. The minimum atomic E-state index is -3.76. The Morgan fingerprint density at radius 2 is 1.66 bits per heavy atom. The lowest BCUT2D eigenvalue weighted by atomic mass is 10.0. The van der Waals surface area contributed by atoms with Crippen molar-refractivity contribution in [1.29, 1.82) is 0 Å². The summed E-state index contributed by atoms with van der Waals surface area (Å²) in [5.41, 5.74) is 0. The van der Waals surface area contributed by atoms with Gasteiger partial charge >= 0.3 is 11.8 Å². The number of benzene rings is 1. The van der Waals surface area contributed by atoms with E-state index < -0.39 is 27.7 Å². The number of ether oxygens (including phenoxy) is 1. The molecule has 0 aliphatic carbocycles. The van der Waals surface area contributed by atoms with Gasteiger partial charge in [0.1, 0.15) is 5.82 Å². The molecule has 2 aliphatic heterocycles. The van der Waals surface area contributed by atoms with E-state index >= 15 is 0 Å². The zero-order chi connectivity index (χ0) is 23.0. The molecule has 11 heteroatoms. The summed E-state index contributed by atoms with van der Waals surface area (Å²) in [7, 11) is -3.76. The van der Waals surface area contributed by atoms with E-state index in [2.05, 4.69) is 15.5 Å². The summed E-state index contributed by atoms with van der Waals surface area (Å²) in [5.74, 6) is -1.92. The van der Waals surface area contributed by atoms with E-state index in [1.807, 2.05) is 0 Å². The average molecular weight is 471 g/mol. The first-order chi connectivity index (χ1) is 15.4. The van der Waals surface area contributed by atoms with Crippen LogP contribution in [0.25, 0.3) is 0 Å². The molecular formula is C21H31FN4O5S. The van der Waals surface area contributed by atoms with Gasteiger partial charge in [0, 0.05) is 45.3 Å². The van der Waals surface area contributed by atoms with E-state index in [-0.39, 0.29) is 17.5 Å². The van der Waals surface area contributed by atoms with Crippen LogP contribution in [0.4, 0.5) is 4.39 Å². The maximum Gasteiger partial charge on any atom is 0.309 e. The van der Waals surface area contributed by atoms with Gasteiger partial charge in [-0.25, -0.2) is 12.8 Å². The Hall–Kier alpha value is -2.08. The third-order valence-corrected chi connectivity index (χ3v) is 7.75. The number of rotatable bonds is 8. The highest BCUT2D eigenvalue weighted by Crippen LogP contribution is 2.27. The molecule has 0 bridgehead atoms. The Bertz CT molecular complexity index is 875. The molecule has 2 fully saturated rings. The summed E-state index contributed by atoms with van der Waals surface area (Å²) in [6.07, 6.45) is 2.69. The fraction of sp³-hybridized carbons (Fsp3) is 0.619. The fourth-order valence-corrected chi connectivity index (χ4v) is 5.71. The Kier molecular flexibility index (Phi) is 8.97. The van der Waals surface area contributed by atoms with Gasteiger partial charge in [0.2, 0.25) is 10.0 Å². The van der Waals surface area contributed by atoms with Gasteiger partial charge in [0.15, 0.2) is 0 Å². The first-order valence-corrected chi connectivity index (χ1v) is 12.5. The van der Waals surface area contributed by atoms with Crippen LogP contribution >= 0.6 is 0 Å². The van der Waals surface area contributed by atoms with Gasteiger partial charge in [0.25, 0.3) is 0 Å². The predicted octanol–water partition coefficient (Wildman–Crippen LogP) is 0.324. The number of halogens is 1. The van der Waals surface area contributed by atoms with Crippen LogP contribution in [0.3, 0.4) is 0 Å².